The molecule has 0 spiro atoms. The van der Waals surface area contributed by atoms with Gasteiger partial charge in [-0.2, -0.15) is 5.10 Å². The van der Waals surface area contributed by atoms with Crippen LogP contribution in [0.25, 0.3) is 0 Å². The molecule has 0 saturated heterocycles. The molecule has 0 bridgehead atoms. The summed E-state index contributed by atoms with van der Waals surface area (Å²) < 4.78 is 0.751. The van der Waals surface area contributed by atoms with Gasteiger partial charge in [0.05, 0.1) is 10.2 Å². The molecule has 1 heterocycles. The fourth-order valence-corrected chi connectivity index (χ4v) is 2.79. The number of carbonyl (C=O) groups excluding carboxylic acids is 1. The number of aromatic amines is 1. The first-order chi connectivity index (χ1) is 8.54. The summed E-state index contributed by atoms with van der Waals surface area (Å²) in [4.78, 5) is 12.1. The van der Waals surface area contributed by atoms with E-state index in [2.05, 4.69) is 31.4 Å². The van der Waals surface area contributed by atoms with E-state index in [-0.39, 0.29) is 24.4 Å². The number of halogens is 2. The highest BCUT2D eigenvalue weighted by Crippen LogP contribution is 2.32. The Balaban J connectivity index is 0.00000180. The number of H-pyrrole nitrogens is 1. The van der Waals surface area contributed by atoms with Crippen molar-refractivity contribution >= 4 is 34.2 Å². The maximum absolute atomic E-state index is 12.1. The van der Waals surface area contributed by atoms with Gasteiger partial charge in [-0.25, -0.2) is 0 Å². The molecular formula is C12H20BrClN4O. The molecule has 4 N–H and O–H groups in total. The molecule has 1 unspecified atom stereocenters. The van der Waals surface area contributed by atoms with Crippen LogP contribution in [0.5, 0.6) is 0 Å². The number of nitrogens with one attached hydrogen (secondary N) is 2. The Labute approximate surface area is 127 Å². The van der Waals surface area contributed by atoms with E-state index >= 15 is 0 Å². The van der Waals surface area contributed by atoms with Gasteiger partial charge in [0, 0.05) is 12.6 Å². The monoisotopic (exact) mass is 350 g/mol. The first kappa shape index (κ1) is 16.5. The van der Waals surface area contributed by atoms with Crippen LogP contribution < -0.4 is 11.1 Å². The lowest BCUT2D eigenvalue weighted by molar-refractivity contribution is 0.0927. The molecule has 0 radical (unpaired) electrons. The Morgan fingerprint density at radius 2 is 2.21 bits per heavy atom. The molecule has 19 heavy (non-hydrogen) atoms. The summed E-state index contributed by atoms with van der Waals surface area (Å²) in [6, 6.07) is 0.0728. The fourth-order valence-electron chi connectivity index (χ4n) is 1.98. The Morgan fingerprint density at radius 3 is 2.63 bits per heavy atom. The highest BCUT2D eigenvalue weighted by molar-refractivity contribution is 9.10. The van der Waals surface area contributed by atoms with Crippen molar-refractivity contribution in [2.45, 2.75) is 38.6 Å². The molecule has 108 valence electrons. The lowest BCUT2D eigenvalue weighted by Gasteiger charge is -2.15. The molecule has 1 aromatic rings. The predicted molar refractivity (Wildman–Crippen MR) is 80.7 cm³/mol. The van der Waals surface area contributed by atoms with Gasteiger partial charge in [-0.15, -0.1) is 12.4 Å². The Kier molecular flexibility index (Phi) is 5.82. The molecule has 1 saturated carbocycles. The minimum Gasteiger partial charge on any atom is -0.346 e. The molecule has 7 heteroatoms. The van der Waals surface area contributed by atoms with Gasteiger partial charge in [-0.3, -0.25) is 9.89 Å². The summed E-state index contributed by atoms with van der Waals surface area (Å²) in [5.74, 6) is 0.677. The van der Waals surface area contributed by atoms with E-state index in [0.29, 0.717) is 24.1 Å². The third kappa shape index (κ3) is 3.70. The van der Waals surface area contributed by atoms with Gasteiger partial charge >= 0.3 is 0 Å². The molecule has 1 aliphatic rings. The van der Waals surface area contributed by atoms with Crippen LogP contribution in [0.1, 0.15) is 48.8 Å². The summed E-state index contributed by atoms with van der Waals surface area (Å²) in [6.45, 7) is 4.58. The minimum absolute atomic E-state index is 0. The van der Waals surface area contributed by atoms with Crippen LogP contribution in [0, 0.1) is 5.92 Å². The van der Waals surface area contributed by atoms with Crippen LogP contribution in [0.15, 0.2) is 4.47 Å². The van der Waals surface area contributed by atoms with E-state index < -0.39 is 0 Å². The van der Waals surface area contributed by atoms with E-state index in [9.17, 15) is 4.79 Å². The number of hydrogen-bond donors (Lipinski definition) is 3. The first-order valence-corrected chi connectivity index (χ1v) is 7.08. The highest BCUT2D eigenvalue weighted by Gasteiger charge is 2.32. The van der Waals surface area contributed by atoms with E-state index in [1.54, 1.807) is 0 Å². The van der Waals surface area contributed by atoms with Gasteiger partial charge in [0.2, 0.25) is 0 Å². The standard InChI is InChI=1S/C12H19BrN4O.ClH/c1-6(2)10-9(13)11(17-16-10)12(18)15-8(5-14)7-3-4-7;/h6-8H,3-5,14H2,1-2H3,(H,15,18)(H,16,17);1H. The van der Waals surface area contributed by atoms with Crippen LogP contribution in [0.4, 0.5) is 0 Å². The normalized spacial score (nSPS) is 16.1. The molecule has 5 nitrogen and oxygen atoms in total. The summed E-state index contributed by atoms with van der Waals surface area (Å²) in [5.41, 5.74) is 7.03. The number of hydrogen-bond acceptors (Lipinski definition) is 3. The predicted octanol–water partition coefficient (Wildman–Crippen LogP) is 2.18. The number of amides is 1. The maximum Gasteiger partial charge on any atom is 0.273 e. The highest BCUT2D eigenvalue weighted by atomic mass is 79.9. The van der Waals surface area contributed by atoms with Gasteiger partial charge in [0.25, 0.3) is 5.91 Å². The lowest BCUT2D eigenvalue weighted by Crippen LogP contribution is -2.42. The van der Waals surface area contributed by atoms with Crippen LogP contribution in [-0.4, -0.2) is 28.7 Å². The van der Waals surface area contributed by atoms with Crippen molar-refractivity contribution in [2.24, 2.45) is 11.7 Å². The number of nitrogens with two attached hydrogens (primary N) is 1. The number of carbonyl (C=O) groups is 1. The second-order valence-electron chi connectivity index (χ2n) is 5.11. The molecule has 1 aliphatic carbocycles. The Hall–Kier alpha value is -0.590. The summed E-state index contributed by atoms with van der Waals surface area (Å²) in [5, 5.41) is 9.94. The second-order valence-corrected chi connectivity index (χ2v) is 5.90. The number of rotatable bonds is 5. The fraction of sp³-hybridized carbons (Fsp3) is 0.667. The van der Waals surface area contributed by atoms with Gasteiger partial charge in [0.15, 0.2) is 5.69 Å². The van der Waals surface area contributed by atoms with Crippen LogP contribution in [0.3, 0.4) is 0 Å². The Morgan fingerprint density at radius 1 is 1.58 bits per heavy atom. The average Bonchev–Trinajstić information content (AvgIpc) is 3.08. The van der Waals surface area contributed by atoms with Gasteiger partial charge in [-0.05, 0) is 40.6 Å². The van der Waals surface area contributed by atoms with Gasteiger partial charge in [-0.1, -0.05) is 13.8 Å². The topological polar surface area (TPSA) is 83.8 Å². The van der Waals surface area contributed by atoms with E-state index in [1.807, 2.05) is 13.8 Å². The Bertz CT molecular complexity index is 445. The quantitative estimate of drug-likeness (QED) is 0.760. The van der Waals surface area contributed by atoms with Crippen molar-refractivity contribution in [1.29, 1.82) is 0 Å². The third-order valence-corrected chi connectivity index (χ3v) is 4.09. The zero-order valence-corrected chi connectivity index (χ0v) is 13.5. The van der Waals surface area contributed by atoms with Crippen molar-refractivity contribution < 1.29 is 4.79 Å². The maximum atomic E-state index is 12.1. The molecule has 0 aromatic carbocycles. The van der Waals surface area contributed by atoms with Crippen LogP contribution in [0.2, 0.25) is 0 Å². The van der Waals surface area contributed by atoms with Crippen molar-refractivity contribution in [3.8, 4) is 0 Å². The van der Waals surface area contributed by atoms with E-state index in [0.717, 1.165) is 23.0 Å². The van der Waals surface area contributed by atoms with Gasteiger partial charge in [0.1, 0.15) is 0 Å². The smallest absolute Gasteiger partial charge is 0.273 e. The molecule has 2 rings (SSSR count). The zero-order valence-electron chi connectivity index (χ0n) is 11.1. The lowest BCUT2D eigenvalue weighted by atomic mass is 10.1. The number of aromatic nitrogens is 2. The van der Waals surface area contributed by atoms with Crippen molar-refractivity contribution in [1.82, 2.24) is 15.5 Å². The summed E-state index contributed by atoms with van der Waals surface area (Å²) in [7, 11) is 0. The largest absolute Gasteiger partial charge is 0.346 e. The van der Waals surface area contributed by atoms with Crippen molar-refractivity contribution in [3.63, 3.8) is 0 Å². The summed E-state index contributed by atoms with van der Waals surface area (Å²) >= 11 is 3.43. The third-order valence-electron chi connectivity index (χ3n) is 3.29. The average molecular weight is 352 g/mol. The second kappa shape index (κ2) is 6.72. The van der Waals surface area contributed by atoms with E-state index in [1.165, 1.54) is 0 Å². The zero-order chi connectivity index (χ0) is 13.3. The molecule has 1 fully saturated rings. The molecule has 0 aliphatic heterocycles. The van der Waals surface area contributed by atoms with E-state index in [4.69, 9.17) is 5.73 Å². The van der Waals surface area contributed by atoms with Crippen molar-refractivity contribution in [2.75, 3.05) is 6.54 Å². The summed E-state index contributed by atoms with van der Waals surface area (Å²) in [6.07, 6.45) is 2.31. The SMILES string of the molecule is CC(C)c1[nH]nc(C(=O)NC(CN)C2CC2)c1Br.Cl. The van der Waals surface area contributed by atoms with Crippen molar-refractivity contribution in [3.05, 3.63) is 15.9 Å². The molecular weight excluding hydrogens is 332 g/mol. The molecule has 1 aromatic heterocycles. The minimum atomic E-state index is -0.160. The van der Waals surface area contributed by atoms with Crippen LogP contribution >= 0.6 is 28.3 Å². The van der Waals surface area contributed by atoms with Crippen LogP contribution in [-0.2, 0) is 0 Å². The number of nitrogens with zero attached hydrogens (tertiary/aromatic N) is 1. The molecule has 1 amide bonds. The molecule has 1 atom stereocenters. The van der Waals surface area contributed by atoms with Gasteiger partial charge < -0.3 is 11.1 Å². The first-order valence-electron chi connectivity index (χ1n) is 6.29.